The van der Waals surface area contributed by atoms with E-state index in [1.165, 1.54) is 17.6 Å². The third kappa shape index (κ3) is 2.08. The van der Waals surface area contributed by atoms with E-state index in [1.54, 1.807) is 0 Å². The van der Waals surface area contributed by atoms with Crippen LogP contribution in [-0.4, -0.2) is 18.4 Å². The molecule has 1 saturated carbocycles. The SMILES string of the molecule is CNC(O)C1CCC(=C(C)C)C1. The second-order valence-corrected chi connectivity index (χ2v) is 3.84. The Kier molecular flexibility index (Phi) is 3.29. The van der Waals surface area contributed by atoms with Crippen molar-refractivity contribution in [2.75, 3.05) is 7.05 Å². The minimum atomic E-state index is -0.318. The fourth-order valence-corrected chi connectivity index (χ4v) is 1.84. The number of allylic oxidation sites excluding steroid dienone is 2. The lowest BCUT2D eigenvalue weighted by molar-refractivity contribution is 0.0867. The number of hydrogen-bond donors (Lipinski definition) is 2. The molecule has 2 nitrogen and oxygen atoms in total. The molecule has 0 aliphatic heterocycles. The average Bonchev–Trinajstić information content (AvgIpc) is 2.51. The van der Waals surface area contributed by atoms with Crippen LogP contribution in [0.3, 0.4) is 0 Å². The smallest absolute Gasteiger partial charge is 0.107 e. The van der Waals surface area contributed by atoms with Crippen LogP contribution in [0.2, 0.25) is 0 Å². The largest absolute Gasteiger partial charge is 0.378 e. The number of aliphatic hydroxyl groups is 1. The van der Waals surface area contributed by atoms with Gasteiger partial charge >= 0.3 is 0 Å². The Labute approximate surface area is 74.7 Å². The van der Waals surface area contributed by atoms with E-state index in [0.717, 1.165) is 12.8 Å². The predicted molar refractivity (Wildman–Crippen MR) is 50.8 cm³/mol. The third-order valence-corrected chi connectivity index (χ3v) is 2.77. The molecule has 0 spiro atoms. The van der Waals surface area contributed by atoms with Crippen molar-refractivity contribution >= 4 is 0 Å². The van der Waals surface area contributed by atoms with Gasteiger partial charge in [0.05, 0.1) is 0 Å². The van der Waals surface area contributed by atoms with Crippen LogP contribution < -0.4 is 5.32 Å². The van der Waals surface area contributed by atoms with Gasteiger partial charge in [0, 0.05) is 5.92 Å². The maximum Gasteiger partial charge on any atom is 0.107 e. The van der Waals surface area contributed by atoms with Crippen molar-refractivity contribution in [2.45, 2.75) is 39.3 Å². The van der Waals surface area contributed by atoms with E-state index in [9.17, 15) is 5.11 Å². The summed E-state index contributed by atoms with van der Waals surface area (Å²) in [6.45, 7) is 4.31. The summed E-state index contributed by atoms with van der Waals surface area (Å²) < 4.78 is 0. The van der Waals surface area contributed by atoms with Gasteiger partial charge in [-0.25, -0.2) is 0 Å². The molecule has 0 radical (unpaired) electrons. The summed E-state index contributed by atoms with van der Waals surface area (Å²) in [5, 5.41) is 12.4. The van der Waals surface area contributed by atoms with Gasteiger partial charge < -0.3 is 5.11 Å². The summed E-state index contributed by atoms with van der Waals surface area (Å²) in [6.07, 6.45) is 3.06. The molecule has 2 unspecified atom stereocenters. The van der Waals surface area contributed by atoms with Gasteiger partial charge in [0.2, 0.25) is 0 Å². The van der Waals surface area contributed by atoms with Crippen LogP contribution in [0.1, 0.15) is 33.1 Å². The first-order valence-electron chi connectivity index (χ1n) is 4.65. The van der Waals surface area contributed by atoms with E-state index in [0.29, 0.717) is 5.92 Å². The molecule has 1 rings (SSSR count). The number of hydrogen-bond acceptors (Lipinski definition) is 2. The Bertz CT molecular complexity index is 182. The molecule has 1 aliphatic carbocycles. The van der Waals surface area contributed by atoms with Crippen LogP contribution in [-0.2, 0) is 0 Å². The second-order valence-electron chi connectivity index (χ2n) is 3.84. The Morgan fingerprint density at radius 3 is 2.67 bits per heavy atom. The Hall–Kier alpha value is -0.340. The Balaban J connectivity index is 2.51. The molecule has 0 bridgehead atoms. The van der Waals surface area contributed by atoms with Crippen molar-refractivity contribution in [1.29, 1.82) is 0 Å². The zero-order chi connectivity index (χ0) is 9.14. The first-order chi connectivity index (χ1) is 5.65. The molecule has 12 heavy (non-hydrogen) atoms. The fourth-order valence-electron chi connectivity index (χ4n) is 1.84. The van der Waals surface area contributed by atoms with Crippen molar-refractivity contribution in [1.82, 2.24) is 5.32 Å². The average molecular weight is 169 g/mol. The van der Waals surface area contributed by atoms with E-state index in [1.807, 2.05) is 7.05 Å². The Morgan fingerprint density at radius 1 is 1.58 bits per heavy atom. The van der Waals surface area contributed by atoms with E-state index in [4.69, 9.17) is 0 Å². The van der Waals surface area contributed by atoms with E-state index in [-0.39, 0.29) is 6.23 Å². The summed E-state index contributed by atoms with van der Waals surface area (Å²) in [7, 11) is 1.81. The molecule has 70 valence electrons. The highest BCUT2D eigenvalue weighted by Gasteiger charge is 2.25. The van der Waals surface area contributed by atoms with Gasteiger partial charge in [-0.1, -0.05) is 11.1 Å². The van der Waals surface area contributed by atoms with Gasteiger partial charge in [-0.15, -0.1) is 0 Å². The minimum Gasteiger partial charge on any atom is -0.378 e. The van der Waals surface area contributed by atoms with E-state index >= 15 is 0 Å². The highest BCUT2D eigenvalue weighted by molar-refractivity contribution is 5.14. The fraction of sp³-hybridized carbons (Fsp3) is 0.800. The van der Waals surface area contributed by atoms with Crippen molar-refractivity contribution in [3.05, 3.63) is 11.1 Å². The molecule has 0 heterocycles. The molecule has 1 fully saturated rings. The van der Waals surface area contributed by atoms with Crippen LogP contribution in [0.15, 0.2) is 11.1 Å². The van der Waals surface area contributed by atoms with Gasteiger partial charge in [0.15, 0.2) is 0 Å². The zero-order valence-corrected chi connectivity index (χ0v) is 8.22. The molecule has 0 aromatic rings. The van der Waals surface area contributed by atoms with Crippen molar-refractivity contribution in [3.63, 3.8) is 0 Å². The van der Waals surface area contributed by atoms with Crippen LogP contribution in [0.25, 0.3) is 0 Å². The molecule has 0 amide bonds. The van der Waals surface area contributed by atoms with Gasteiger partial charge in [0.1, 0.15) is 6.23 Å². The quantitative estimate of drug-likeness (QED) is 0.487. The van der Waals surface area contributed by atoms with Crippen LogP contribution >= 0.6 is 0 Å². The topological polar surface area (TPSA) is 32.3 Å². The van der Waals surface area contributed by atoms with E-state index < -0.39 is 0 Å². The highest BCUT2D eigenvalue weighted by Crippen LogP contribution is 2.33. The first kappa shape index (κ1) is 9.75. The van der Waals surface area contributed by atoms with E-state index in [2.05, 4.69) is 19.2 Å². The molecular formula is C10H19NO. The maximum absolute atomic E-state index is 9.52. The van der Waals surface area contributed by atoms with Crippen LogP contribution in [0.4, 0.5) is 0 Å². The lowest BCUT2D eigenvalue weighted by Gasteiger charge is -2.15. The van der Waals surface area contributed by atoms with Gasteiger partial charge in [0.25, 0.3) is 0 Å². The summed E-state index contributed by atoms with van der Waals surface area (Å²) in [6, 6.07) is 0. The van der Waals surface area contributed by atoms with Crippen molar-refractivity contribution in [3.8, 4) is 0 Å². The number of rotatable bonds is 2. The lowest BCUT2D eigenvalue weighted by Crippen LogP contribution is -2.31. The normalized spacial score (nSPS) is 26.0. The van der Waals surface area contributed by atoms with Crippen molar-refractivity contribution in [2.24, 2.45) is 5.92 Å². The summed E-state index contributed by atoms with van der Waals surface area (Å²) in [4.78, 5) is 0. The second kappa shape index (κ2) is 4.06. The van der Waals surface area contributed by atoms with Crippen LogP contribution in [0.5, 0.6) is 0 Å². The molecule has 2 heteroatoms. The molecule has 2 N–H and O–H groups in total. The van der Waals surface area contributed by atoms with Crippen molar-refractivity contribution < 1.29 is 5.11 Å². The summed E-state index contributed by atoms with van der Waals surface area (Å²) in [5.41, 5.74) is 2.97. The molecule has 0 aromatic heterocycles. The number of nitrogens with one attached hydrogen (secondary N) is 1. The lowest BCUT2D eigenvalue weighted by atomic mass is 10.0. The molecular weight excluding hydrogens is 150 g/mol. The maximum atomic E-state index is 9.52. The summed E-state index contributed by atoms with van der Waals surface area (Å²) in [5.74, 6) is 0.430. The zero-order valence-electron chi connectivity index (χ0n) is 8.22. The molecule has 2 atom stereocenters. The highest BCUT2D eigenvalue weighted by atomic mass is 16.3. The third-order valence-electron chi connectivity index (χ3n) is 2.77. The predicted octanol–water partition coefficient (Wildman–Crippen LogP) is 1.66. The standard InChI is InChI=1S/C10H19NO/c1-7(2)8-4-5-9(6-8)10(12)11-3/h9-12H,4-6H2,1-3H3. The molecule has 1 aliphatic rings. The molecule has 0 aromatic carbocycles. The van der Waals surface area contributed by atoms with Gasteiger partial charge in [-0.05, 0) is 40.2 Å². The molecule has 0 saturated heterocycles. The number of aliphatic hydroxyl groups excluding tert-OH is 1. The van der Waals surface area contributed by atoms with Gasteiger partial charge in [-0.3, -0.25) is 5.32 Å². The first-order valence-corrected chi connectivity index (χ1v) is 4.65. The monoisotopic (exact) mass is 169 g/mol. The summed E-state index contributed by atoms with van der Waals surface area (Å²) >= 11 is 0. The van der Waals surface area contributed by atoms with Gasteiger partial charge in [-0.2, -0.15) is 0 Å². The minimum absolute atomic E-state index is 0.318. The van der Waals surface area contributed by atoms with Crippen LogP contribution in [0, 0.1) is 5.92 Å². The Morgan fingerprint density at radius 2 is 2.25 bits per heavy atom.